The van der Waals surface area contributed by atoms with Gasteiger partial charge in [-0.25, -0.2) is 18.0 Å². The van der Waals surface area contributed by atoms with Gasteiger partial charge in [-0.2, -0.15) is 4.99 Å². The molecule has 0 aromatic heterocycles. The largest absolute Gasteiger partial charge is 0.453 e. The zero-order chi connectivity index (χ0) is 24.0. The molecule has 1 fully saturated rings. The monoisotopic (exact) mass is 482 g/mol. The first-order valence-corrected chi connectivity index (χ1v) is 10.5. The SMILES string of the molecule is COC(=O)N[C@H]1CC[C@H](N/C(=N/C(=O)c2ccc(F)c(F)c2)Nc2cc(F)cc(Cl)c2)CC1. The molecular weight excluding hydrogens is 461 g/mol. The molecule has 0 bridgehead atoms. The van der Waals surface area contributed by atoms with Gasteiger partial charge in [0, 0.05) is 28.4 Å². The molecule has 11 heteroatoms. The lowest BCUT2D eigenvalue weighted by Gasteiger charge is -2.30. The summed E-state index contributed by atoms with van der Waals surface area (Å²) >= 11 is 5.90. The molecule has 3 rings (SSSR count). The Morgan fingerprint density at radius 3 is 2.24 bits per heavy atom. The summed E-state index contributed by atoms with van der Waals surface area (Å²) in [6, 6.07) is 6.28. The van der Waals surface area contributed by atoms with E-state index in [0.717, 1.165) is 24.3 Å². The highest BCUT2D eigenvalue weighted by atomic mass is 35.5. The highest BCUT2D eigenvalue weighted by Crippen LogP contribution is 2.21. The van der Waals surface area contributed by atoms with Gasteiger partial charge in [-0.05, 0) is 62.1 Å². The standard InChI is InChI=1S/C22H22ClF3N4O3/c1-33-22(32)29-16-5-3-15(4-6-16)27-21(28-17-10-13(23)9-14(24)11-17)30-20(31)12-2-7-18(25)19(26)8-12/h2,7-11,15-16H,3-6H2,1H3,(H,29,32)(H2,27,28,30,31)/t15-,16-. The van der Waals surface area contributed by atoms with Gasteiger partial charge in [0.05, 0.1) is 7.11 Å². The summed E-state index contributed by atoms with van der Waals surface area (Å²) in [6.45, 7) is 0. The van der Waals surface area contributed by atoms with Crippen molar-refractivity contribution in [3.8, 4) is 0 Å². The normalized spacial score (nSPS) is 18.4. The van der Waals surface area contributed by atoms with E-state index in [0.29, 0.717) is 25.7 Å². The molecule has 1 aliphatic carbocycles. The first-order valence-electron chi connectivity index (χ1n) is 10.2. The third-order valence-corrected chi connectivity index (χ3v) is 5.30. The van der Waals surface area contributed by atoms with E-state index in [9.17, 15) is 22.8 Å². The van der Waals surface area contributed by atoms with E-state index < -0.39 is 29.5 Å². The molecule has 3 N–H and O–H groups in total. The van der Waals surface area contributed by atoms with E-state index in [2.05, 4.69) is 25.7 Å². The second kappa shape index (κ2) is 11.0. The topological polar surface area (TPSA) is 91.8 Å². The van der Waals surface area contributed by atoms with Crippen LogP contribution in [0.5, 0.6) is 0 Å². The molecule has 0 saturated heterocycles. The fraction of sp³-hybridized carbons (Fsp3) is 0.318. The van der Waals surface area contributed by atoms with Crippen LogP contribution in [0.3, 0.4) is 0 Å². The number of hydrogen-bond donors (Lipinski definition) is 3. The van der Waals surface area contributed by atoms with Crippen LogP contribution in [-0.4, -0.2) is 37.2 Å². The minimum absolute atomic E-state index is 0.00391. The van der Waals surface area contributed by atoms with Crippen LogP contribution in [0.25, 0.3) is 0 Å². The summed E-state index contributed by atoms with van der Waals surface area (Å²) in [7, 11) is 1.29. The van der Waals surface area contributed by atoms with Crippen LogP contribution >= 0.6 is 11.6 Å². The van der Waals surface area contributed by atoms with Crippen LogP contribution in [-0.2, 0) is 4.74 Å². The van der Waals surface area contributed by atoms with Crippen molar-refractivity contribution in [2.45, 2.75) is 37.8 Å². The number of alkyl carbamates (subject to hydrolysis) is 1. The Balaban J connectivity index is 1.76. The number of carbonyl (C=O) groups excluding carboxylic acids is 2. The number of halogens is 4. The highest BCUT2D eigenvalue weighted by molar-refractivity contribution is 6.31. The maximum absolute atomic E-state index is 13.7. The molecule has 2 aromatic carbocycles. The molecule has 33 heavy (non-hydrogen) atoms. The second-order valence-corrected chi connectivity index (χ2v) is 7.94. The van der Waals surface area contributed by atoms with Crippen molar-refractivity contribution < 1.29 is 27.5 Å². The molecule has 2 aromatic rings. The van der Waals surface area contributed by atoms with Crippen molar-refractivity contribution in [1.82, 2.24) is 10.6 Å². The van der Waals surface area contributed by atoms with Gasteiger partial charge in [-0.15, -0.1) is 0 Å². The van der Waals surface area contributed by atoms with Crippen molar-refractivity contribution in [2.24, 2.45) is 4.99 Å². The molecule has 0 aliphatic heterocycles. The molecule has 176 valence electrons. The molecule has 2 amide bonds. The number of ether oxygens (including phenoxy) is 1. The fourth-order valence-electron chi connectivity index (χ4n) is 3.46. The summed E-state index contributed by atoms with van der Waals surface area (Å²) in [5.41, 5.74) is 0.0867. The number of methoxy groups -OCH3 is 1. The van der Waals surface area contributed by atoms with E-state index >= 15 is 0 Å². The van der Waals surface area contributed by atoms with Crippen molar-refractivity contribution in [1.29, 1.82) is 0 Å². The van der Waals surface area contributed by atoms with E-state index in [1.807, 2.05) is 0 Å². The van der Waals surface area contributed by atoms with Gasteiger partial charge in [-0.3, -0.25) is 4.79 Å². The number of anilines is 1. The Labute approximate surface area is 193 Å². The van der Waals surface area contributed by atoms with E-state index in [1.165, 1.54) is 19.2 Å². The van der Waals surface area contributed by atoms with Gasteiger partial charge in [-0.1, -0.05) is 11.6 Å². The Morgan fingerprint density at radius 2 is 1.64 bits per heavy atom. The Bertz CT molecular complexity index is 1040. The average molecular weight is 483 g/mol. The number of rotatable bonds is 4. The van der Waals surface area contributed by atoms with Gasteiger partial charge in [0.25, 0.3) is 5.91 Å². The fourth-order valence-corrected chi connectivity index (χ4v) is 3.68. The predicted molar refractivity (Wildman–Crippen MR) is 118 cm³/mol. The van der Waals surface area contributed by atoms with Crippen LogP contribution in [0.2, 0.25) is 5.02 Å². The minimum atomic E-state index is -1.17. The minimum Gasteiger partial charge on any atom is -0.453 e. The lowest BCUT2D eigenvalue weighted by molar-refractivity contribution is 0.100. The Hall–Kier alpha value is -3.27. The number of benzene rings is 2. The number of nitrogens with zero attached hydrogens (tertiary/aromatic N) is 1. The number of carbonyl (C=O) groups is 2. The zero-order valence-corrected chi connectivity index (χ0v) is 18.4. The van der Waals surface area contributed by atoms with Crippen molar-refractivity contribution in [2.75, 3.05) is 12.4 Å². The predicted octanol–water partition coefficient (Wildman–Crippen LogP) is 4.62. The lowest BCUT2D eigenvalue weighted by Crippen LogP contribution is -2.45. The van der Waals surface area contributed by atoms with Gasteiger partial charge in [0.15, 0.2) is 11.6 Å². The maximum atomic E-state index is 13.7. The van der Waals surface area contributed by atoms with Crippen LogP contribution in [0.15, 0.2) is 41.4 Å². The van der Waals surface area contributed by atoms with Gasteiger partial charge < -0.3 is 20.7 Å². The Kier molecular flexibility index (Phi) is 8.16. The number of guanidine groups is 1. The summed E-state index contributed by atoms with van der Waals surface area (Å²) in [5, 5.41) is 8.81. The number of amides is 2. The molecule has 0 radical (unpaired) electrons. The van der Waals surface area contributed by atoms with Crippen molar-refractivity contribution >= 4 is 35.2 Å². The van der Waals surface area contributed by atoms with Gasteiger partial charge in [0.1, 0.15) is 5.82 Å². The van der Waals surface area contributed by atoms with Crippen LogP contribution in [0, 0.1) is 17.5 Å². The van der Waals surface area contributed by atoms with Crippen molar-refractivity contribution in [3.05, 3.63) is 64.4 Å². The quantitative estimate of drug-likeness (QED) is 0.437. The molecule has 7 nitrogen and oxygen atoms in total. The van der Waals surface area contributed by atoms with E-state index in [-0.39, 0.29) is 34.3 Å². The average Bonchev–Trinajstić information content (AvgIpc) is 2.76. The molecule has 0 spiro atoms. The smallest absolute Gasteiger partial charge is 0.407 e. The van der Waals surface area contributed by atoms with Crippen LogP contribution in [0.4, 0.5) is 23.7 Å². The molecule has 0 atom stereocenters. The summed E-state index contributed by atoms with van der Waals surface area (Å²) in [6.07, 6.45) is 2.08. The van der Waals surface area contributed by atoms with Crippen LogP contribution in [0.1, 0.15) is 36.0 Å². The molecule has 0 unspecified atom stereocenters. The number of nitrogens with one attached hydrogen (secondary N) is 3. The molecule has 1 aliphatic rings. The van der Waals surface area contributed by atoms with Crippen LogP contribution < -0.4 is 16.0 Å². The molecule has 0 heterocycles. The summed E-state index contributed by atoms with van der Waals surface area (Å²) in [5.74, 6) is -3.68. The van der Waals surface area contributed by atoms with E-state index in [1.54, 1.807) is 0 Å². The first kappa shape index (κ1) is 24.4. The zero-order valence-electron chi connectivity index (χ0n) is 17.6. The maximum Gasteiger partial charge on any atom is 0.407 e. The first-order chi connectivity index (χ1) is 15.7. The second-order valence-electron chi connectivity index (χ2n) is 7.51. The lowest BCUT2D eigenvalue weighted by atomic mass is 9.91. The summed E-state index contributed by atoms with van der Waals surface area (Å²) in [4.78, 5) is 27.9. The molecule has 1 saturated carbocycles. The summed E-state index contributed by atoms with van der Waals surface area (Å²) < 4.78 is 45.1. The number of hydrogen-bond acceptors (Lipinski definition) is 3. The third kappa shape index (κ3) is 7.11. The molecular formula is C22H22ClF3N4O3. The van der Waals surface area contributed by atoms with Gasteiger partial charge >= 0.3 is 6.09 Å². The van der Waals surface area contributed by atoms with Crippen molar-refractivity contribution in [3.63, 3.8) is 0 Å². The third-order valence-electron chi connectivity index (χ3n) is 5.08. The Morgan fingerprint density at radius 1 is 0.970 bits per heavy atom. The highest BCUT2D eigenvalue weighted by Gasteiger charge is 2.24. The van der Waals surface area contributed by atoms with E-state index in [4.69, 9.17) is 11.6 Å². The number of aliphatic imine (C=N–C) groups is 1. The van der Waals surface area contributed by atoms with Gasteiger partial charge in [0.2, 0.25) is 5.96 Å².